The molecule has 1 aromatic rings. The molecule has 0 spiro atoms. The van der Waals surface area contributed by atoms with Crippen LogP contribution in [0.3, 0.4) is 0 Å². The normalized spacial score (nSPS) is 24.3. The summed E-state index contributed by atoms with van der Waals surface area (Å²) in [5, 5.41) is 14.0. The van der Waals surface area contributed by atoms with Gasteiger partial charge in [-0.2, -0.15) is 13.2 Å². The van der Waals surface area contributed by atoms with E-state index in [9.17, 15) is 46.7 Å². The molecule has 2 saturated carbocycles. The van der Waals surface area contributed by atoms with E-state index in [0.29, 0.717) is 47.7 Å². The average Bonchev–Trinajstić information content (AvgIpc) is 4.06. The van der Waals surface area contributed by atoms with Crippen molar-refractivity contribution in [2.45, 2.75) is 154 Å². The van der Waals surface area contributed by atoms with Crippen LogP contribution in [0.2, 0.25) is 10.0 Å². The van der Waals surface area contributed by atoms with Crippen LogP contribution in [0.4, 0.5) is 13.2 Å². The molecule has 7 amide bonds. The van der Waals surface area contributed by atoms with Gasteiger partial charge in [0.25, 0.3) is 0 Å². The molecule has 6 atom stereocenters. The van der Waals surface area contributed by atoms with Crippen molar-refractivity contribution in [3.8, 4) is 0 Å². The number of rotatable bonds is 12. The Labute approximate surface area is 371 Å². The van der Waals surface area contributed by atoms with Crippen LogP contribution in [0.1, 0.15) is 110 Å². The molecule has 1 saturated heterocycles. The predicted octanol–water partition coefficient (Wildman–Crippen LogP) is 4.83. The number of nitrogens with zero attached hydrogens (tertiary/aromatic N) is 2. The van der Waals surface area contributed by atoms with Crippen molar-refractivity contribution in [3.63, 3.8) is 0 Å². The first-order chi connectivity index (χ1) is 29.1. The summed E-state index contributed by atoms with van der Waals surface area (Å²) in [7, 11) is 2.83. The van der Waals surface area contributed by atoms with Crippen LogP contribution in [-0.2, 0) is 40.0 Å². The molecule has 346 valence electrons. The fraction of sp³-hybridized carbons (Fsp3) is 0.698. The standard InChI is InChI=1S/C43H62Cl2F3N7O7/c1-7-30-36(57)49-20-12-9-13-32(37(58)52-31(21-24(2)3)39(60)55(6)33(38(59)51-30)23-27-22-28(44)16-17-29(27)45)54(5)40(61)34(26-14-15-26)53-35(56)25(4)50-41(62)42(43(46,47)48)18-10-8-11-19-42/h16-17,22,24-26,30-34H,7-15,18-21,23H2,1-6H3,(H,49,57)(H,50,62)(H,51,59)(H,52,58)(H,53,56)/t25-,30+,31-,32-,33-,34-/m0/s1. The second-order valence-corrected chi connectivity index (χ2v) is 18.3. The number of hydrogen-bond acceptors (Lipinski definition) is 7. The lowest BCUT2D eigenvalue weighted by molar-refractivity contribution is -0.230. The molecule has 14 nitrogen and oxygen atoms in total. The van der Waals surface area contributed by atoms with Crippen molar-refractivity contribution in [1.82, 2.24) is 36.4 Å². The Balaban J connectivity index is 1.61. The van der Waals surface area contributed by atoms with Gasteiger partial charge in [0.15, 0.2) is 0 Å². The molecule has 5 N–H and O–H groups in total. The molecule has 3 fully saturated rings. The maximum absolute atomic E-state index is 14.5. The number of likely N-dealkylation sites (N-methyl/N-ethyl adjacent to an activating group) is 2. The van der Waals surface area contributed by atoms with Crippen LogP contribution in [0.5, 0.6) is 0 Å². The number of halogens is 5. The van der Waals surface area contributed by atoms with Gasteiger partial charge in [0, 0.05) is 37.1 Å². The summed E-state index contributed by atoms with van der Waals surface area (Å²) >= 11 is 12.8. The molecule has 2 aliphatic carbocycles. The number of carbonyl (C=O) groups excluding carboxylic acids is 7. The summed E-state index contributed by atoms with van der Waals surface area (Å²) < 4.78 is 42.7. The summed E-state index contributed by atoms with van der Waals surface area (Å²) in [6, 6.07) is -2.28. The lowest BCUT2D eigenvalue weighted by atomic mass is 9.72. The maximum Gasteiger partial charge on any atom is 0.403 e. The van der Waals surface area contributed by atoms with Gasteiger partial charge in [-0.25, -0.2) is 0 Å². The van der Waals surface area contributed by atoms with Crippen LogP contribution in [0.15, 0.2) is 18.2 Å². The van der Waals surface area contributed by atoms with Crippen molar-refractivity contribution in [2.24, 2.45) is 17.3 Å². The zero-order valence-corrected chi connectivity index (χ0v) is 37.9. The number of carbonyl (C=O) groups is 7. The molecular formula is C43H62Cl2F3N7O7. The van der Waals surface area contributed by atoms with E-state index in [0.717, 1.165) is 0 Å². The van der Waals surface area contributed by atoms with E-state index < -0.39 is 89.2 Å². The molecular weight excluding hydrogens is 854 g/mol. The number of benzene rings is 1. The molecule has 0 bridgehead atoms. The first kappa shape index (κ1) is 50.5. The van der Waals surface area contributed by atoms with E-state index in [2.05, 4.69) is 26.6 Å². The second kappa shape index (κ2) is 22.0. The molecule has 0 aromatic heterocycles. The van der Waals surface area contributed by atoms with Gasteiger partial charge in [-0.1, -0.05) is 63.2 Å². The quantitative estimate of drug-likeness (QED) is 0.199. The zero-order valence-electron chi connectivity index (χ0n) is 36.4. The average molecular weight is 917 g/mol. The van der Waals surface area contributed by atoms with Gasteiger partial charge in [-0.3, -0.25) is 33.6 Å². The van der Waals surface area contributed by atoms with Crippen LogP contribution in [0.25, 0.3) is 0 Å². The van der Waals surface area contributed by atoms with Gasteiger partial charge < -0.3 is 36.4 Å². The summed E-state index contributed by atoms with van der Waals surface area (Å²) in [6.07, 6.45) is -2.28. The number of hydrogen-bond donors (Lipinski definition) is 5. The van der Waals surface area contributed by atoms with E-state index in [-0.39, 0.29) is 69.7 Å². The zero-order chi connectivity index (χ0) is 46.1. The highest BCUT2D eigenvalue weighted by Crippen LogP contribution is 2.49. The molecule has 1 aliphatic heterocycles. The Kier molecular flexibility index (Phi) is 17.9. The third kappa shape index (κ3) is 12.8. The Morgan fingerprint density at radius 3 is 2.15 bits per heavy atom. The predicted molar refractivity (Wildman–Crippen MR) is 228 cm³/mol. The SMILES string of the molecule is CC[C@H]1NC(=O)[C@H](Cc2cc(Cl)ccc2Cl)N(C)C(=O)[C@H](CC(C)C)NC(=O)[C@@H](N(C)C(=O)[C@@H](NC(=O)[C@H](C)NC(=O)C2(C(F)(F)F)CCCCC2)C2CC2)CCCCNC1=O. The molecule has 3 aliphatic rings. The van der Waals surface area contributed by atoms with Crippen LogP contribution < -0.4 is 26.6 Å². The van der Waals surface area contributed by atoms with Crippen molar-refractivity contribution in [3.05, 3.63) is 33.8 Å². The van der Waals surface area contributed by atoms with E-state index in [1.54, 1.807) is 25.1 Å². The molecule has 0 radical (unpaired) electrons. The molecule has 1 aromatic carbocycles. The van der Waals surface area contributed by atoms with Gasteiger partial charge >= 0.3 is 6.18 Å². The van der Waals surface area contributed by atoms with Gasteiger partial charge in [0.05, 0.1) is 0 Å². The van der Waals surface area contributed by atoms with Crippen molar-refractivity contribution >= 4 is 64.6 Å². The summed E-state index contributed by atoms with van der Waals surface area (Å²) in [6.45, 7) is 6.90. The van der Waals surface area contributed by atoms with Crippen molar-refractivity contribution in [2.75, 3.05) is 20.6 Å². The molecule has 4 rings (SSSR count). The first-order valence-corrected chi connectivity index (χ1v) is 22.4. The summed E-state index contributed by atoms with van der Waals surface area (Å²) in [4.78, 5) is 99.6. The fourth-order valence-electron chi connectivity index (χ4n) is 8.25. The Morgan fingerprint density at radius 1 is 0.903 bits per heavy atom. The minimum absolute atomic E-state index is 0.0759. The minimum atomic E-state index is -4.81. The van der Waals surface area contributed by atoms with Crippen LogP contribution in [0, 0.1) is 17.3 Å². The van der Waals surface area contributed by atoms with Gasteiger partial charge in [-0.05, 0) is 100 Å². The second-order valence-electron chi connectivity index (χ2n) is 17.5. The third-order valence-corrected chi connectivity index (χ3v) is 12.9. The maximum atomic E-state index is 14.5. The topological polar surface area (TPSA) is 186 Å². The Bertz CT molecular complexity index is 1810. The highest BCUT2D eigenvalue weighted by atomic mass is 35.5. The summed E-state index contributed by atoms with van der Waals surface area (Å²) in [5.74, 6) is -5.55. The first-order valence-electron chi connectivity index (χ1n) is 21.7. The number of nitrogens with one attached hydrogen (secondary N) is 5. The molecule has 19 heteroatoms. The van der Waals surface area contributed by atoms with E-state index >= 15 is 0 Å². The molecule has 0 unspecified atom stereocenters. The van der Waals surface area contributed by atoms with E-state index in [1.165, 1.54) is 30.8 Å². The highest BCUT2D eigenvalue weighted by Gasteiger charge is 2.60. The van der Waals surface area contributed by atoms with E-state index in [4.69, 9.17) is 23.2 Å². The lowest BCUT2D eigenvalue weighted by Crippen LogP contribution is -2.61. The van der Waals surface area contributed by atoms with Crippen molar-refractivity contribution < 1.29 is 46.7 Å². The third-order valence-electron chi connectivity index (χ3n) is 12.3. The lowest BCUT2D eigenvalue weighted by Gasteiger charge is -2.38. The van der Waals surface area contributed by atoms with Crippen molar-refractivity contribution in [1.29, 1.82) is 0 Å². The Morgan fingerprint density at radius 2 is 1.55 bits per heavy atom. The highest BCUT2D eigenvalue weighted by molar-refractivity contribution is 6.33. The number of alkyl halides is 3. The molecule has 1 heterocycles. The van der Waals surface area contributed by atoms with Crippen LogP contribution >= 0.6 is 23.2 Å². The Hall–Kier alpha value is -4.12. The van der Waals surface area contributed by atoms with Gasteiger partial charge in [0.1, 0.15) is 41.7 Å². The fourth-order valence-corrected chi connectivity index (χ4v) is 8.64. The largest absolute Gasteiger partial charge is 0.403 e. The smallest absolute Gasteiger partial charge is 0.354 e. The van der Waals surface area contributed by atoms with E-state index in [1.807, 2.05) is 13.8 Å². The molecule has 62 heavy (non-hydrogen) atoms. The van der Waals surface area contributed by atoms with Gasteiger partial charge in [0.2, 0.25) is 41.4 Å². The monoisotopic (exact) mass is 915 g/mol. The van der Waals surface area contributed by atoms with Crippen LogP contribution in [-0.4, -0.2) is 114 Å². The summed E-state index contributed by atoms with van der Waals surface area (Å²) in [5.41, 5.74) is -2.14. The number of amides is 7. The van der Waals surface area contributed by atoms with Gasteiger partial charge in [-0.15, -0.1) is 0 Å². The minimum Gasteiger partial charge on any atom is -0.354 e.